The lowest BCUT2D eigenvalue weighted by atomic mass is 10.2. The second-order valence-corrected chi connectivity index (χ2v) is 4.80. The molecule has 20 heavy (non-hydrogen) atoms. The highest BCUT2D eigenvalue weighted by Gasteiger charge is 2.10. The fourth-order valence-corrected chi connectivity index (χ4v) is 1.96. The van der Waals surface area contributed by atoms with Crippen LogP contribution in [0.25, 0.3) is 6.08 Å². The number of aromatic nitrogens is 4. The number of carbonyl (C=O) groups is 1. The van der Waals surface area contributed by atoms with Crippen molar-refractivity contribution in [2.45, 2.75) is 20.8 Å². The Morgan fingerprint density at radius 2 is 1.90 bits per heavy atom. The molecular weight excluding hydrogens is 254 g/mol. The van der Waals surface area contributed by atoms with Crippen LogP contribution < -0.4 is 5.32 Å². The van der Waals surface area contributed by atoms with Crippen LogP contribution in [0, 0.1) is 20.8 Å². The summed E-state index contributed by atoms with van der Waals surface area (Å²) in [5.74, 6) is -0.174. The normalized spacial score (nSPS) is 11.2. The average molecular weight is 273 g/mol. The first-order valence-electron chi connectivity index (χ1n) is 6.38. The number of anilines is 1. The standard InChI is InChI=1S/C14H19N5O/c1-9-14(11(3)19(5)17-9)16-13(20)7-6-12-8-15-18(4)10(12)2/h6-8H,1-5H3,(H,16,20). The Balaban J connectivity index is 2.11. The molecule has 6 heteroatoms. The molecule has 2 rings (SSSR count). The third-order valence-electron chi connectivity index (χ3n) is 3.44. The summed E-state index contributed by atoms with van der Waals surface area (Å²) in [6, 6.07) is 0. The van der Waals surface area contributed by atoms with Crippen molar-refractivity contribution in [2.75, 3.05) is 5.32 Å². The molecule has 106 valence electrons. The van der Waals surface area contributed by atoms with E-state index in [1.54, 1.807) is 21.6 Å². The highest BCUT2D eigenvalue weighted by atomic mass is 16.1. The fourth-order valence-electron chi connectivity index (χ4n) is 1.96. The summed E-state index contributed by atoms with van der Waals surface area (Å²) in [5.41, 5.74) is 4.46. The van der Waals surface area contributed by atoms with Crippen molar-refractivity contribution in [2.24, 2.45) is 14.1 Å². The van der Waals surface area contributed by atoms with Crippen LogP contribution in [0.4, 0.5) is 5.69 Å². The van der Waals surface area contributed by atoms with Gasteiger partial charge in [-0.25, -0.2) is 0 Å². The van der Waals surface area contributed by atoms with Gasteiger partial charge in [0.15, 0.2) is 0 Å². The molecule has 6 nitrogen and oxygen atoms in total. The molecule has 0 unspecified atom stereocenters. The first kappa shape index (κ1) is 14.0. The third kappa shape index (κ3) is 2.64. The maximum atomic E-state index is 12.0. The summed E-state index contributed by atoms with van der Waals surface area (Å²) in [7, 11) is 3.72. The molecule has 2 aromatic rings. The Bertz CT molecular complexity index is 678. The minimum absolute atomic E-state index is 0.174. The van der Waals surface area contributed by atoms with Crippen LogP contribution in [0.1, 0.15) is 22.6 Å². The molecule has 0 saturated carbocycles. The van der Waals surface area contributed by atoms with E-state index in [1.165, 1.54) is 6.08 Å². The van der Waals surface area contributed by atoms with Crippen molar-refractivity contribution in [3.05, 3.63) is 34.9 Å². The zero-order valence-corrected chi connectivity index (χ0v) is 12.4. The van der Waals surface area contributed by atoms with Gasteiger partial charge in [-0.1, -0.05) is 0 Å². The second kappa shape index (κ2) is 5.32. The van der Waals surface area contributed by atoms with Gasteiger partial charge in [-0.3, -0.25) is 14.2 Å². The average Bonchev–Trinajstić information content (AvgIpc) is 2.83. The zero-order chi connectivity index (χ0) is 14.9. The van der Waals surface area contributed by atoms with Crippen LogP contribution in [-0.4, -0.2) is 25.5 Å². The molecule has 0 aliphatic carbocycles. The summed E-state index contributed by atoms with van der Waals surface area (Å²) in [6.07, 6.45) is 5.01. The van der Waals surface area contributed by atoms with Gasteiger partial charge in [-0.05, 0) is 26.8 Å². The van der Waals surface area contributed by atoms with Crippen molar-refractivity contribution in [3.63, 3.8) is 0 Å². The minimum Gasteiger partial charge on any atom is -0.319 e. The molecule has 0 spiro atoms. The van der Waals surface area contributed by atoms with Crippen LogP contribution in [0.5, 0.6) is 0 Å². The van der Waals surface area contributed by atoms with Gasteiger partial charge in [0.25, 0.3) is 0 Å². The Morgan fingerprint density at radius 1 is 1.20 bits per heavy atom. The van der Waals surface area contributed by atoms with Crippen LogP contribution in [0.3, 0.4) is 0 Å². The monoisotopic (exact) mass is 273 g/mol. The quantitative estimate of drug-likeness (QED) is 0.866. The lowest BCUT2D eigenvalue weighted by molar-refractivity contribution is -0.111. The number of hydrogen-bond acceptors (Lipinski definition) is 3. The van der Waals surface area contributed by atoms with Crippen LogP contribution in [0.2, 0.25) is 0 Å². The number of amides is 1. The Morgan fingerprint density at radius 3 is 2.40 bits per heavy atom. The van der Waals surface area contributed by atoms with Gasteiger partial charge < -0.3 is 5.32 Å². The van der Waals surface area contributed by atoms with Gasteiger partial charge in [0.1, 0.15) is 0 Å². The Kier molecular flexibility index (Phi) is 3.74. The summed E-state index contributed by atoms with van der Waals surface area (Å²) < 4.78 is 3.52. The second-order valence-electron chi connectivity index (χ2n) is 4.80. The number of aryl methyl sites for hydroxylation is 3. The number of nitrogens with zero attached hydrogens (tertiary/aromatic N) is 4. The van der Waals surface area contributed by atoms with E-state index in [-0.39, 0.29) is 5.91 Å². The molecule has 0 aliphatic rings. The van der Waals surface area contributed by atoms with Crippen molar-refractivity contribution >= 4 is 17.7 Å². The van der Waals surface area contributed by atoms with E-state index in [1.807, 2.05) is 34.9 Å². The van der Waals surface area contributed by atoms with Gasteiger partial charge in [-0.2, -0.15) is 10.2 Å². The molecule has 2 heterocycles. The van der Waals surface area contributed by atoms with E-state index in [0.29, 0.717) is 0 Å². The number of hydrogen-bond donors (Lipinski definition) is 1. The lowest BCUT2D eigenvalue weighted by Gasteiger charge is -2.02. The van der Waals surface area contributed by atoms with Crippen molar-refractivity contribution in [3.8, 4) is 0 Å². The minimum atomic E-state index is -0.174. The van der Waals surface area contributed by atoms with Crippen LogP contribution in [-0.2, 0) is 18.9 Å². The van der Waals surface area contributed by atoms with Gasteiger partial charge in [0.05, 0.1) is 23.3 Å². The smallest absolute Gasteiger partial charge is 0.248 e. The number of nitrogens with one attached hydrogen (secondary N) is 1. The molecule has 0 fully saturated rings. The highest BCUT2D eigenvalue weighted by molar-refractivity contribution is 6.02. The molecule has 0 radical (unpaired) electrons. The van der Waals surface area contributed by atoms with E-state index in [2.05, 4.69) is 15.5 Å². The van der Waals surface area contributed by atoms with Crippen molar-refractivity contribution in [1.82, 2.24) is 19.6 Å². The zero-order valence-electron chi connectivity index (χ0n) is 12.4. The van der Waals surface area contributed by atoms with Gasteiger partial charge in [0.2, 0.25) is 5.91 Å². The number of rotatable bonds is 3. The summed E-state index contributed by atoms with van der Waals surface area (Å²) in [5, 5.41) is 11.3. The number of carbonyl (C=O) groups excluding carboxylic acids is 1. The Labute approximate surface area is 118 Å². The molecule has 0 bridgehead atoms. The predicted octanol–water partition coefficient (Wildman–Crippen LogP) is 1.73. The fraction of sp³-hybridized carbons (Fsp3) is 0.357. The van der Waals surface area contributed by atoms with Crippen molar-refractivity contribution in [1.29, 1.82) is 0 Å². The molecule has 0 aliphatic heterocycles. The van der Waals surface area contributed by atoms with E-state index < -0.39 is 0 Å². The summed E-state index contributed by atoms with van der Waals surface area (Å²) >= 11 is 0. The maximum absolute atomic E-state index is 12.0. The molecule has 0 aromatic carbocycles. The van der Waals surface area contributed by atoms with Crippen LogP contribution >= 0.6 is 0 Å². The van der Waals surface area contributed by atoms with Crippen molar-refractivity contribution < 1.29 is 4.79 Å². The maximum Gasteiger partial charge on any atom is 0.248 e. The largest absolute Gasteiger partial charge is 0.319 e. The molecular formula is C14H19N5O. The van der Waals surface area contributed by atoms with Gasteiger partial charge in [-0.15, -0.1) is 0 Å². The first-order chi connectivity index (χ1) is 9.40. The van der Waals surface area contributed by atoms with Gasteiger partial charge >= 0.3 is 0 Å². The molecule has 1 amide bonds. The third-order valence-corrected chi connectivity index (χ3v) is 3.44. The van der Waals surface area contributed by atoms with Gasteiger partial charge in [0, 0.05) is 31.4 Å². The topological polar surface area (TPSA) is 64.7 Å². The molecule has 1 N–H and O–H groups in total. The summed E-state index contributed by atoms with van der Waals surface area (Å²) in [4.78, 5) is 12.0. The van der Waals surface area contributed by atoms with E-state index >= 15 is 0 Å². The SMILES string of the molecule is Cc1nn(C)c(C)c1NC(=O)C=Cc1cnn(C)c1C. The molecule has 0 saturated heterocycles. The molecule has 2 aromatic heterocycles. The highest BCUT2D eigenvalue weighted by Crippen LogP contribution is 2.18. The lowest BCUT2D eigenvalue weighted by Crippen LogP contribution is -2.09. The molecule has 0 atom stereocenters. The van der Waals surface area contributed by atoms with E-state index in [0.717, 1.165) is 28.3 Å². The Hall–Kier alpha value is -2.37. The van der Waals surface area contributed by atoms with Crippen LogP contribution in [0.15, 0.2) is 12.3 Å². The predicted molar refractivity (Wildman–Crippen MR) is 78.3 cm³/mol. The van der Waals surface area contributed by atoms with E-state index in [9.17, 15) is 4.79 Å². The first-order valence-corrected chi connectivity index (χ1v) is 6.38. The van der Waals surface area contributed by atoms with E-state index in [4.69, 9.17) is 0 Å². The summed E-state index contributed by atoms with van der Waals surface area (Å²) in [6.45, 7) is 5.75.